The van der Waals surface area contributed by atoms with Gasteiger partial charge in [0.1, 0.15) is 12.4 Å². The predicted molar refractivity (Wildman–Crippen MR) is 77.4 cm³/mol. The molecule has 0 aromatic carbocycles. The van der Waals surface area contributed by atoms with Crippen molar-refractivity contribution in [3.8, 4) is 0 Å². The molecule has 2 rings (SSSR count). The third kappa shape index (κ3) is 3.84. The number of likely N-dealkylation sites (N-methyl/N-ethyl adjacent to an activating group) is 1. The number of nitrogens with two attached hydrogens (primary N) is 1. The molecule has 21 heavy (non-hydrogen) atoms. The van der Waals surface area contributed by atoms with Crippen LogP contribution in [0.25, 0.3) is 0 Å². The Labute approximate surface area is 124 Å². The van der Waals surface area contributed by atoms with Crippen molar-refractivity contribution < 1.29 is 19.1 Å². The van der Waals surface area contributed by atoms with Gasteiger partial charge in [-0.2, -0.15) is 0 Å². The van der Waals surface area contributed by atoms with Crippen molar-refractivity contribution in [1.29, 1.82) is 0 Å². The van der Waals surface area contributed by atoms with E-state index in [1.54, 1.807) is 12.3 Å². The van der Waals surface area contributed by atoms with Gasteiger partial charge in [-0.25, -0.2) is 0 Å². The van der Waals surface area contributed by atoms with Crippen LogP contribution >= 0.6 is 0 Å². The van der Waals surface area contributed by atoms with Gasteiger partial charge in [-0.15, -0.1) is 0 Å². The van der Waals surface area contributed by atoms with Crippen LogP contribution in [0.4, 0.5) is 0 Å². The average molecular weight is 296 g/mol. The molecule has 0 spiro atoms. The molecule has 1 aliphatic rings. The van der Waals surface area contributed by atoms with Crippen LogP contribution < -0.4 is 5.73 Å². The van der Waals surface area contributed by atoms with Crippen molar-refractivity contribution in [2.45, 2.75) is 43.9 Å². The van der Waals surface area contributed by atoms with Gasteiger partial charge in [0.05, 0.1) is 24.5 Å². The van der Waals surface area contributed by atoms with Crippen molar-refractivity contribution in [3.05, 3.63) is 24.2 Å². The van der Waals surface area contributed by atoms with Crippen molar-refractivity contribution in [2.75, 3.05) is 20.2 Å². The van der Waals surface area contributed by atoms with Gasteiger partial charge in [-0.05, 0) is 32.0 Å². The number of furan rings is 1. The van der Waals surface area contributed by atoms with Crippen molar-refractivity contribution in [1.82, 2.24) is 4.90 Å². The van der Waals surface area contributed by atoms with Gasteiger partial charge in [0.15, 0.2) is 0 Å². The van der Waals surface area contributed by atoms with E-state index in [1.165, 1.54) is 0 Å². The van der Waals surface area contributed by atoms with Gasteiger partial charge in [-0.3, -0.25) is 9.69 Å². The highest BCUT2D eigenvalue weighted by Crippen LogP contribution is 2.34. The quantitative estimate of drug-likeness (QED) is 0.743. The molecule has 1 amide bonds. The molecule has 0 radical (unpaired) electrons. The maximum atomic E-state index is 11.8. The molecule has 118 valence electrons. The van der Waals surface area contributed by atoms with Crippen LogP contribution in [-0.2, 0) is 16.1 Å². The van der Waals surface area contributed by atoms with E-state index in [0.717, 1.165) is 31.4 Å². The van der Waals surface area contributed by atoms with E-state index in [9.17, 15) is 9.90 Å². The summed E-state index contributed by atoms with van der Waals surface area (Å²) in [5.41, 5.74) is 4.96. The fourth-order valence-corrected chi connectivity index (χ4v) is 3.01. The number of amides is 1. The lowest BCUT2D eigenvalue weighted by Crippen LogP contribution is -2.56. The van der Waals surface area contributed by atoms with E-state index >= 15 is 0 Å². The van der Waals surface area contributed by atoms with E-state index < -0.39 is 11.6 Å². The molecule has 1 fully saturated rings. The molecule has 1 aliphatic carbocycles. The lowest BCUT2D eigenvalue weighted by Gasteiger charge is -2.37. The molecule has 1 aromatic heterocycles. The second-order valence-electron chi connectivity index (χ2n) is 5.73. The average Bonchev–Trinajstić information content (AvgIpc) is 3.10. The molecule has 0 saturated heterocycles. The largest absolute Gasteiger partial charge is 0.467 e. The first kappa shape index (κ1) is 16.0. The number of ether oxygens (including phenoxy) is 1. The Morgan fingerprint density at radius 1 is 1.57 bits per heavy atom. The highest BCUT2D eigenvalue weighted by atomic mass is 16.5. The predicted octanol–water partition coefficient (Wildman–Crippen LogP) is 0.887. The molecule has 1 unspecified atom stereocenters. The Morgan fingerprint density at radius 3 is 2.86 bits per heavy atom. The van der Waals surface area contributed by atoms with E-state index in [4.69, 9.17) is 14.9 Å². The number of nitrogens with zero attached hydrogens (tertiary/aromatic N) is 1. The summed E-state index contributed by atoms with van der Waals surface area (Å²) < 4.78 is 10.6. The molecule has 1 aromatic rings. The Morgan fingerprint density at radius 2 is 2.29 bits per heavy atom. The number of hydrogen-bond donors (Lipinski definition) is 2. The highest BCUT2D eigenvalue weighted by Gasteiger charge is 2.43. The SMILES string of the molecule is CN(CC(O)COCc1ccco1)C1(C(N)=O)CCCC1. The van der Waals surface area contributed by atoms with Crippen LogP contribution in [0.3, 0.4) is 0 Å². The molecular weight excluding hydrogens is 272 g/mol. The second-order valence-corrected chi connectivity index (χ2v) is 5.73. The zero-order chi connectivity index (χ0) is 15.3. The van der Waals surface area contributed by atoms with Crippen LogP contribution in [0.5, 0.6) is 0 Å². The van der Waals surface area contributed by atoms with Crippen molar-refractivity contribution in [2.24, 2.45) is 5.73 Å². The molecule has 0 aliphatic heterocycles. The van der Waals surface area contributed by atoms with Crippen LogP contribution in [0.2, 0.25) is 0 Å². The normalized spacial score (nSPS) is 19.0. The van der Waals surface area contributed by atoms with Crippen LogP contribution in [0.15, 0.2) is 22.8 Å². The summed E-state index contributed by atoms with van der Waals surface area (Å²) in [5, 5.41) is 10.1. The first-order chi connectivity index (χ1) is 10.0. The summed E-state index contributed by atoms with van der Waals surface area (Å²) in [6.07, 6.45) is 4.44. The van der Waals surface area contributed by atoms with Gasteiger partial charge in [0, 0.05) is 6.54 Å². The van der Waals surface area contributed by atoms with Gasteiger partial charge in [0.2, 0.25) is 5.91 Å². The monoisotopic (exact) mass is 296 g/mol. The molecule has 0 bridgehead atoms. The standard InChI is InChI=1S/C15H24N2O4/c1-17(15(14(16)19)6-2-3-7-15)9-12(18)10-20-11-13-5-4-8-21-13/h4-5,8,12,18H,2-3,6-7,9-11H2,1H3,(H2,16,19). The van der Waals surface area contributed by atoms with Crippen LogP contribution in [0.1, 0.15) is 31.4 Å². The Hall–Kier alpha value is -1.37. The smallest absolute Gasteiger partial charge is 0.237 e. The number of primary amides is 1. The van der Waals surface area contributed by atoms with Crippen molar-refractivity contribution in [3.63, 3.8) is 0 Å². The summed E-state index contributed by atoms with van der Waals surface area (Å²) in [6, 6.07) is 3.61. The van der Waals surface area contributed by atoms with Gasteiger partial charge >= 0.3 is 0 Å². The van der Waals surface area contributed by atoms with E-state index in [-0.39, 0.29) is 12.5 Å². The zero-order valence-electron chi connectivity index (χ0n) is 12.5. The van der Waals surface area contributed by atoms with Crippen molar-refractivity contribution >= 4 is 5.91 Å². The lowest BCUT2D eigenvalue weighted by atomic mass is 9.94. The minimum Gasteiger partial charge on any atom is -0.467 e. The first-order valence-electron chi connectivity index (χ1n) is 7.34. The van der Waals surface area contributed by atoms with Gasteiger partial charge in [0.25, 0.3) is 0 Å². The second kappa shape index (κ2) is 7.06. The van der Waals surface area contributed by atoms with E-state index in [0.29, 0.717) is 13.2 Å². The fraction of sp³-hybridized carbons (Fsp3) is 0.667. The summed E-state index contributed by atoms with van der Waals surface area (Å²) in [7, 11) is 1.84. The number of β-amino-alcohol motifs (C(OH)–C–C–N with tert-alkyl or cyclic N) is 1. The molecular formula is C15H24N2O4. The topological polar surface area (TPSA) is 88.9 Å². The van der Waals surface area contributed by atoms with Gasteiger partial charge < -0.3 is 20.0 Å². The van der Waals surface area contributed by atoms with E-state index in [1.807, 2.05) is 18.0 Å². The number of aliphatic hydroxyl groups excluding tert-OH is 1. The Kier molecular flexibility index (Phi) is 5.39. The highest BCUT2D eigenvalue weighted by molar-refractivity contribution is 5.85. The summed E-state index contributed by atoms with van der Waals surface area (Å²) in [4.78, 5) is 13.6. The number of aliphatic hydroxyl groups is 1. The van der Waals surface area contributed by atoms with Gasteiger partial charge in [-0.1, -0.05) is 12.8 Å². The number of hydrogen-bond acceptors (Lipinski definition) is 5. The maximum absolute atomic E-state index is 11.8. The van der Waals surface area contributed by atoms with Crippen LogP contribution in [-0.4, -0.2) is 47.8 Å². The fourth-order valence-electron chi connectivity index (χ4n) is 3.01. The Balaban J connectivity index is 1.78. The molecule has 1 saturated carbocycles. The minimum atomic E-state index is -0.665. The van der Waals surface area contributed by atoms with E-state index in [2.05, 4.69) is 0 Å². The molecule has 1 heterocycles. The third-order valence-electron chi connectivity index (χ3n) is 4.24. The summed E-state index contributed by atoms with van der Waals surface area (Å²) >= 11 is 0. The molecule has 6 nitrogen and oxygen atoms in total. The first-order valence-corrected chi connectivity index (χ1v) is 7.34. The number of carbonyl (C=O) groups excluding carboxylic acids is 1. The summed E-state index contributed by atoms with van der Waals surface area (Å²) in [5.74, 6) is 0.422. The zero-order valence-corrected chi connectivity index (χ0v) is 12.5. The number of carbonyl (C=O) groups is 1. The molecule has 6 heteroatoms. The molecule has 3 N–H and O–H groups in total. The van der Waals surface area contributed by atoms with Crippen LogP contribution in [0, 0.1) is 0 Å². The molecule has 1 atom stereocenters. The maximum Gasteiger partial charge on any atom is 0.237 e. The third-order valence-corrected chi connectivity index (χ3v) is 4.24. The number of rotatable bonds is 8. The lowest BCUT2D eigenvalue weighted by molar-refractivity contribution is -0.130. The summed E-state index contributed by atoms with van der Waals surface area (Å²) in [6.45, 7) is 0.885. The Bertz CT molecular complexity index is 441. The minimum absolute atomic E-state index is 0.194.